The van der Waals surface area contributed by atoms with Crippen LogP contribution in [0.15, 0.2) is 41.7 Å². The van der Waals surface area contributed by atoms with E-state index in [4.69, 9.17) is 5.11 Å². The van der Waals surface area contributed by atoms with Crippen LogP contribution < -0.4 is 0 Å². The number of thioether (sulfide) groups is 1. The van der Waals surface area contributed by atoms with Gasteiger partial charge < -0.3 is 9.51 Å². The average Bonchev–Trinajstić information content (AvgIpc) is 2.85. The summed E-state index contributed by atoms with van der Waals surface area (Å²) in [6.07, 6.45) is 3.60. The Kier molecular flexibility index (Phi) is 2.64. The molecule has 0 radical (unpaired) electrons. The van der Waals surface area contributed by atoms with Crippen LogP contribution in [0.5, 0.6) is 0 Å². The Labute approximate surface area is 106 Å². The van der Waals surface area contributed by atoms with E-state index in [9.17, 15) is 4.79 Å². The molecule has 0 fully saturated rings. The molecule has 0 bridgehead atoms. The maximum absolute atomic E-state index is 10.6. The second-order valence-corrected chi connectivity index (χ2v) is 4.67. The second kappa shape index (κ2) is 4.30. The largest absolute Gasteiger partial charge is 0.481 e. The quantitative estimate of drug-likeness (QED) is 0.729. The third-order valence-corrected chi connectivity index (χ3v) is 3.50. The van der Waals surface area contributed by atoms with Gasteiger partial charge in [0.25, 0.3) is 0 Å². The Balaban J connectivity index is 2.22. The van der Waals surface area contributed by atoms with Crippen LogP contribution in [0.25, 0.3) is 16.7 Å². The van der Waals surface area contributed by atoms with E-state index in [1.807, 2.05) is 34.9 Å². The summed E-state index contributed by atoms with van der Waals surface area (Å²) in [5, 5.41) is 9.43. The smallest absolute Gasteiger partial charge is 0.313 e. The van der Waals surface area contributed by atoms with E-state index in [0.29, 0.717) is 10.7 Å². The van der Waals surface area contributed by atoms with Crippen molar-refractivity contribution < 1.29 is 9.90 Å². The number of hydrogen-bond acceptors (Lipinski definition) is 4. The first-order valence-corrected chi connectivity index (χ1v) is 6.30. The highest BCUT2D eigenvalue weighted by molar-refractivity contribution is 8.00. The van der Waals surface area contributed by atoms with Crippen LogP contribution in [-0.2, 0) is 4.79 Å². The number of rotatable bonds is 3. The van der Waals surface area contributed by atoms with Gasteiger partial charge in [0.05, 0.1) is 16.8 Å². The lowest BCUT2D eigenvalue weighted by Gasteiger charge is -2.06. The Hall–Kier alpha value is -2.08. The van der Waals surface area contributed by atoms with E-state index >= 15 is 0 Å². The molecule has 0 aliphatic heterocycles. The zero-order valence-electron chi connectivity index (χ0n) is 9.28. The molecular formula is C12H9N3O2S. The molecule has 3 heterocycles. The average molecular weight is 259 g/mol. The fourth-order valence-corrected chi connectivity index (χ4v) is 2.54. The fourth-order valence-electron chi connectivity index (χ4n) is 1.82. The van der Waals surface area contributed by atoms with Gasteiger partial charge in [-0.15, -0.1) is 0 Å². The zero-order valence-corrected chi connectivity index (χ0v) is 10.1. The zero-order chi connectivity index (χ0) is 12.5. The van der Waals surface area contributed by atoms with Crippen molar-refractivity contribution in [3.8, 4) is 0 Å². The lowest BCUT2D eigenvalue weighted by atomic mass is 10.4. The molecule has 18 heavy (non-hydrogen) atoms. The number of fused-ring (bicyclic) bond motifs is 3. The second-order valence-electron chi connectivity index (χ2n) is 3.71. The first kappa shape index (κ1) is 11.0. The van der Waals surface area contributed by atoms with Crippen LogP contribution in [0.3, 0.4) is 0 Å². The summed E-state index contributed by atoms with van der Waals surface area (Å²) < 4.78 is 1.97. The van der Waals surface area contributed by atoms with Gasteiger partial charge in [-0.25, -0.2) is 9.97 Å². The molecule has 90 valence electrons. The summed E-state index contributed by atoms with van der Waals surface area (Å²) in [7, 11) is 0. The molecule has 6 heteroatoms. The molecule has 1 N–H and O–H groups in total. The van der Waals surface area contributed by atoms with Crippen molar-refractivity contribution in [1.82, 2.24) is 14.4 Å². The molecule has 0 aliphatic rings. The maximum Gasteiger partial charge on any atom is 0.313 e. The van der Waals surface area contributed by atoms with Crippen LogP contribution in [0, 0.1) is 0 Å². The minimum Gasteiger partial charge on any atom is -0.481 e. The van der Waals surface area contributed by atoms with E-state index in [0.717, 1.165) is 11.0 Å². The summed E-state index contributed by atoms with van der Waals surface area (Å²) in [4.78, 5) is 19.3. The Morgan fingerprint density at radius 3 is 3.00 bits per heavy atom. The molecule has 0 spiro atoms. The van der Waals surface area contributed by atoms with Gasteiger partial charge in [0, 0.05) is 12.4 Å². The molecule has 0 saturated heterocycles. The van der Waals surface area contributed by atoms with E-state index in [2.05, 4.69) is 9.97 Å². The van der Waals surface area contributed by atoms with Crippen LogP contribution >= 0.6 is 11.8 Å². The summed E-state index contributed by atoms with van der Waals surface area (Å²) in [5.74, 6) is -0.862. The Bertz CT molecular complexity index is 738. The third kappa shape index (κ3) is 1.80. The van der Waals surface area contributed by atoms with Crippen molar-refractivity contribution >= 4 is 34.4 Å². The molecule has 0 aromatic carbocycles. The van der Waals surface area contributed by atoms with Crippen molar-refractivity contribution in [2.24, 2.45) is 0 Å². The molecule has 3 aromatic rings. The Morgan fingerprint density at radius 2 is 2.17 bits per heavy atom. The highest BCUT2D eigenvalue weighted by Crippen LogP contribution is 2.25. The number of aliphatic carboxylic acids is 1. The molecule has 0 unspecified atom stereocenters. The number of carbonyl (C=O) groups is 1. The van der Waals surface area contributed by atoms with Crippen molar-refractivity contribution in [3.05, 3.63) is 36.7 Å². The lowest BCUT2D eigenvalue weighted by molar-refractivity contribution is -0.133. The highest BCUT2D eigenvalue weighted by atomic mass is 32.2. The van der Waals surface area contributed by atoms with Gasteiger partial charge in [-0.05, 0) is 24.3 Å². The minimum absolute atomic E-state index is 0.00776. The molecule has 3 aromatic heterocycles. The standard InChI is InChI=1S/C12H9N3O2S/c16-10(17)7-18-12-9-4-2-6-15(9)8-3-1-5-13-11(8)14-12/h1-6H,7H2,(H,16,17). The third-order valence-electron chi connectivity index (χ3n) is 2.53. The first-order chi connectivity index (χ1) is 8.75. The number of nitrogens with zero attached hydrogens (tertiary/aromatic N) is 3. The number of hydrogen-bond donors (Lipinski definition) is 1. The normalized spacial score (nSPS) is 11.1. The topological polar surface area (TPSA) is 67.5 Å². The van der Waals surface area contributed by atoms with Crippen LogP contribution in [0.4, 0.5) is 0 Å². The number of carboxylic acid groups (broad SMARTS) is 1. The van der Waals surface area contributed by atoms with E-state index in [1.54, 1.807) is 6.20 Å². The van der Waals surface area contributed by atoms with Crippen LogP contribution in [-0.4, -0.2) is 31.2 Å². The molecule has 0 aliphatic carbocycles. The van der Waals surface area contributed by atoms with Crippen molar-refractivity contribution in [2.45, 2.75) is 5.03 Å². The molecule has 0 atom stereocenters. The van der Waals surface area contributed by atoms with Crippen LogP contribution in [0.1, 0.15) is 0 Å². The summed E-state index contributed by atoms with van der Waals surface area (Å²) >= 11 is 1.21. The van der Waals surface area contributed by atoms with Gasteiger partial charge in [0.15, 0.2) is 5.65 Å². The van der Waals surface area contributed by atoms with Gasteiger partial charge in [0.1, 0.15) is 5.03 Å². The Morgan fingerprint density at radius 1 is 1.33 bits per heavy atom. The van der Waals surface area contributed by atoms with Gasteiger partial charge in [-0.3, -0.25) is 4.79 Å². The summed E-state index contributed by atoms with van der Waals surface area (Å²) in [6.45, 7) is 0. The first-order valence-electron chi connectivity index (χ1n) is 5.32. The molecule has 3 rings (SSSR count). The van der Waals surface area contributed by atoms with Gasteiger partial charge in [-0.2, -0.15) is 0 Å². The van der Waals surface area contributed by atoms with Gasteiger partial charge >= 0.3 is 5.97 Å². The van der Waals surface area contributed by atoms with Crippen molar-refractivity contribution in [1.29, 1.82) is 0 Å². The predicted octanol–water partition coefficient (Wildman–Crippen LogP) is 2.06. The van der Waals surface area contributed by atoms with E-state index in [1.165, 1.54) is 11.8 Å². The minimum atomic E-state index is -0.854. The molecule has 0 saturated carbocycles. The fraction of sp³-hybridized carbons (Fsp3) is 0.0833. The summed E-state index contributed by atoms with van der Waals surface area (Å²) in [6, 6.07) is 7.62. The van der Waals surface area contributed by atoms with Crippen LogP contribution in [0.2, 0.25) is 0 Å². The predicted molar refractivity (Wildman–Crippen MR) is 68.9 cm³/mol. The number of aromatic nitrogens is 3. The van der Waals surface area contributed by atoms with Gasteiger partial charge in [-0.1, -0.05) is 11.8 Å². The van der Waals surface area contributed by atoms with E-state index in [-0.39, 0.29) is 5.75 Å². The SMILES string of the molecule is O=C(O)CSc1nc2ncccc2n2cccc12. The van der Waals surface area contributed by atoms with Crippen molar-refractivity contribution in [2.75, 3.05) is 5.75 Å². The monoisotopic (exact) mass is 259 g/mol. The summed E-state index contributed by atoms with van der Waals surface area (Å²) in [5.41, 5.74) is 2.44. The van der Waals surface area contributed by atoms with E-state index < -0.39 is 5.97 Å². The highest BCUT2D eigenvalue weighted by Gasteiger charge is 2.10. The maximum atomic E-state index is 10.6. The number of pyridine rings is 1. The molecule has 5 nitrogen and oxygen atoms in total. The molecular weight excluding hydrogens is 250 g/mol. The number of carboxylic acids is 1. The lowest BCUT2D eigenvalue weighted by Crippen LogP contribution is -2.00. The molecule has 0 amide bonds. The van der Waals surface area contributed by atoms with Gasteiger partial charge in [0.2, 0.25) is 0 Å². The van der Waals surface area contributed by atoms with Crippen molar-refractivity contribution in [3.63, 3.8) is 0 Å².